The van der Waals surface area contributed by atoms with Crippen LogP contribution in [0.4, 0.5) is 0 Å². The topological polar surface area (TPSA) is 149 Å². The second kappa shape index (κ2) is 10.7. The molecule has 0 radical (unpaired) electrons. The third-order valence-electron chi connectivity index (χ3n) is 1.29. The Balaban J connectivity index is -0.000000199. The van der Waals surface area contributed by atoms with Crippen molar-refractivity contribution in [2.75, 3.05) is 0 Å². The third kappa shape index (κ3) is 9.73. The fraction of sp³-hybridized carbons (Fsp3) is 0.500. The number of carboxylic acids is 3. The zero-order valence-corrected chi connectivity index (χ0v) is 13.0. The number of rotatable bonds is 5. The van der Waals surface area contributed by atoms with Crippen molar-refractivity contribution in [1.29, 1.82) is 0 Å². The van der Waals surface area contributed by atoms with Gasteiger partial charge < -0.3 is 21.9 Å². The van der Waals surface area contributed by atoms with E-state index < -0.39 is 36.4 Å². The van der Waals surface area contributed by atoms with E-state index in [0.29, 0.717) is 0 Å². The molecule has 0 spiro atoms. The molecule has 0 saturated carbocycles. The van der Waals surface area contributed by atoms with Crippen LogP contribution in [0.2, 0.25) is 0 Å². The zero-order chi connectivity index (χ0) is 12.6. The van der Waals surface area contributed by atoms with Crippen LogP contribution in [0.3, 0.4) is 0 Å². The molecule has 0 aliphatic heterocycles. The summed E-state index contributed by atoms with van der Waals surface area (Å²) in [7, 11) is 0. The Kier molecular flexibility index (Phi) is 14.5. The van der Waals surface area contributed by atoms with Gasteiger partial charge in [-0.1, -0.05) is 0 Å². The van der Waals surface area contributed by atoms with Gasteiger partial charge in [-0.15, -0.1) is 0 Å². The SMILES string of the molecule is O=C(O)CC(O)(CC(=O)O)C(=O)O.[H-].[K+].[O]=[Ti]. The van der Waals surface area contributed by atoms with Crippen molar-refractivity contribution >= 4 is 17.9 Å². The molecule has 0 rings (SSSR count). The van der Waals surface area contributed by atoms with Gasteiger partial charge >= 0.3 is 93.0 Å². The molecule has 4 N–H and O–H groups in total. The average Bonchev–Trinajstić information content (AvgIpc) is 2.04. The summed E-state index contributed by atoms with van der Waals surface area (Å²) < 4.78 is 8.25. The molecule has 0 aliphatic rings. The maximum atomic E-state index is 10.3. The van der Waals surface area contributed by atoms with E-state index in [1.165, 1.54) is 0 Å². The molecule has 86 valence electrons. The van der Waals surface area contributed by atoms with Gasteiger partial charge in [0.2, 0.25) is 0 Å². The van der Waals surface area contributed by atoms with Gasteiger partial charge in [-0.3, -0.25) is 9.59 Å². The molecule has 8 nitrogen and oxygen atoms in total. The van der Waals surface area contributed by atoms with Crippen LogP contribution in [0.15, 0.2) is 0 Å². The van der Waals surface area contributed by atoms with Crippen LogP contribution in [0.5, 0.6) is 0 Å². The first-order valence-corrected chi connectivity index (χ1v) is 4.01. The van der Waals surface area contributed by atoms with Crippen LogP contribution >= 0.6 is 0 Å². The quantitative estimate of drug-likeness (QED) is 0.373. The van der Waals surface area contributed by atoms with E-state index in [1.807, 2.05) is 0 Å². The summed E-state index contributed by atoms with van der Waals surface area (Å²) in [5.41, 5.74) is -2.74. The van der Waals surface area contributed by atoms with Crippen molar-refractivity contribution in [2.24, 2.45) is 0 Å². The minimum absolute atomic E-state index is 0. The Morgan fingerprint density at radius 3 is 1.38 bits per heavy atom. The molecule has 0 aliphatic carbocycles. The van der Waals surface area contributed by atoms with Gasteiger partial charge in [0, 0.05) is 0 Å². The maximum absolute atomic E-state index is 10.3. The van der Waals surface area contributed by atoms with Gasteiger partial charge in [0.25, 0.3) is 0 Å². The van der Waals surface area contributed by atoms with Crippen molar-refractivity contribution in [1.82, 2.24) is 0 Å². The van der Waals surface area contributed by atoms with Gasteiger partial charge in [-0.2, -0.15) is 0 Å². The molecule has 0 saturated heterocycles. The molecule has 0 aromatic rings. The number of carbonyl (C=O) groups is 3. The number of hydrogen-bond acceptors (Lipinski definition) is 5. The molecule has 0 bridgehead atoms. The van der Waals surface area contributed by atoms with Gasteiger partial charge in [0.1, 0.15) is 0 Å². The summed E-state index contributed by atoms with van der Waals surface area (Å²) in [5.74, 6) is -5.02. The Bertz CT molecular complexity index is 257. The van der Waals surface area contributed by atoms with Crippen LogP contribution in [0, 0.1) is 0 Å². The fourth-order valence-corrected chi connectivity index (χ4v) is 0.714. The van der Waals surface area contributed by atoms with Gasteiger partial charge in [-0.05, 0) is 0 Å². The summed E-state index contributed by atoms with van der Waals surface area (Å²) in [6.07, 6.45) is -2.29. The van der Waals surface area contributed by atoms with E-state index in [1.54, 1.807) is 0 Å². The molecule has 0 heterocycles. The second-order valence-corrected chi connectivity index (χ2v) is 2.48. The zero-order valence-electron chi connectivity index (χ0n) is 9.34. The predicted molar refractivity (Wildman–Crippen MR) is 38.9 cm³/mol. The molecule has 0 amide bonds. The molecule has 10 heteroatoms. The standard InChI is InChI=1S/C6H8O7.K.O.Ti.H/c7-3(8)1-6(13,5(11)12)2-4(9)10;;;;/h13H,1-2H2,(H,7,8)(H,9,10)(H,11,12);;;;/q;+1;;;-1. The number of carboxylic acid groups (broad SMARTS) is 3. The molecule has 0 fully saturated rings. The summed E-state index contributed by atoms with van der Waals surface area (Å²) in [4.78, 5) is 30.5. The first kappa shape index (κ1) is 21.8. The number of aliphatic hydroxyl groups is 1. The van der Waals surface area contributed by atoms with Crippen molar-refractivity contribution in [3.8, 4) is 0 Å². The normalized spacial score (nSPS) is 9.00. The molecular formula is C6H9KO8Ti. The van der Waals surface area contributed by atoms with E-state index >= 15 is 0 Å². The van der Waals surface area contributed by atoms with E-state index in [-0.39, 0.29) is 52.8 Å². The average molecular weight is 296 g/mol. The monoisotopic (exact) mass is 296 g/mol. The third-order valence-corrected chi connectivity index (χ3v) is 1.29. The molecule has 0 aromatic heterocycles. The molecule has 0 atom stereocenters. The van der Waals surface area contributed by atoms with Crippen LogP contribution < -0.4 is 51.4 Å². The molecule has 0 aromatic carbocycles. The van der Waals surface area contributed by atoms with Crippen LogP contribution in [0.1, 0.15) is 14.3 Å². The van der Waals surface area contributed by atoms with Crippen molar-refractivity contribution < 1.29 is 111 Å². The Morgan fingerprint density at radius 2 is 1.25 bits per heavy atom. The van der Waals surface area contributed by atoms with Crippen molar-refractivity contribution in [3.05, 3.63) is 0 Å². The molecule has 0 unspecified atom stereocenters. The van der Waals surface area contributed by atoms with Gasteiger partial charge in [0.05, 0.1) is 12.8 Å². The van der Waals surface area contributed by atoms with E-state index in [2.05, 4.69) is 0 Å². The van der Waals surface area contributed by atoms with Crippen LogP contribution in [0.25, 0.3) is 0 Å². The Morgan fingerprint density at radius 1 is 1.00 bits per heavy atom. The fourth-order valence-electron chi connectivity index (χ4n) is 0.714. The van der Waals surface area contributed by atoms with Gasteiger partial charge in [-0.25, -0.2) is 4.79 Å². The van der Waals surface area contributed by atoms with Crippen LogP contribution in [-0.4, -0.2) is 43.9 Å². The van der Waals surface area contributed by atoms with Crippen molar-refractivity contribution in [2.45, 2.75) is 18.4 Å². The second-order valence-electron chi connectivity index (χ2n) is 2.48. The van der Waals surface area contributed by atoms with E-state index in [9.17, 15) is 14.4 Å². The first-order chi connectivity index (χ1) is 6.78. The van der Waals surface area contributed by atoms with Crippen LogP contribution in [-0.2, 0) is 38.1 Å². The van der Waals surface area contributed by atoms with Gasteiger partial charge in [0.15, 0.2) is 5.60 Å². The summed E-state index contributed by atoms with van der Waals surface area (Å²) in [5, 5.41) is 33.8. The summed E-state index contributed by atoms with van der Waals surface area (Å²) >= 11 is 0.750. The first-order valence-electron chi connectivity index (χ1n) is 3.38. The van der Waals surface area contributed by atoms with E-state index in [0.717, 1.165) is 20.4 Å². The minimum atomic E-state index is -2.74. The predicted octanol–water partition coefficient (Wildman–Crippen LogP) is -4.25. The van der Waals surface area contributed by atoms with E-state index in [4.69, 9.17) is 23.8 Å². The Hall–Kier alpha value is 0.521. The van der Waals surface area contributed by atoms with Crippen molar-refractivity contribution in [3.63, 3.8) is 0 Å². The molecule has 16 heavy (non-hydrogen) atoms. The summed E-state index contributed by atoms with van der Waals surface area (Å²) in [6.45, 7) is 0. The Labute approximate surface area is 146 Å². The number of hydrogen-bond donors (Lipinski definition) is 4. The summed E-state index contributed by atoms with van der Waals surface area (Å²) in [6, 6.07) is 0. The number of aliphatic carboxylic acids is 3. The molecular weight excluding hydrogens is 287 g/mol.